The third kappa shape index (κ3) is 11.4. The fraction of sp³-hybridized carbons (Fsp3) is 0.0380. The predicted octanol–water partition coefficient (Wildman–Crippen LogP) is 16.6. The summed E-state index contributed by atoms with van der Waals surface area (Å²) in [6.07, 6.45) is 15.2. The van der Waals surface area contributed by atoms with Gasteiger partial charge >= 0.3 is 44.8 Å². The van der Waals surface area contributed by atoms with E-state index < -0.39 is 15.8 Å². The molecule has 12 aromatic carbocycles. The average molecular weight is 1370 g/mol. The maximum absolute atomic E-state index is 7.66. The van der Waals surface area contributed by atoms with E-state index in [0.29, 0.717) is 0 Å². The number of hydrogen-bond acceptors (Lipinski definition) is 0. The first-order valence-corrected chi connectivity index (χ1v) is 31.0. The molecule has 0 N–H and O–H groups in total. The predicted molar refractivity (Wildman–Crippen MR) is 346 cm³/mol. The minimum atomic E-state index is -0.847. The zero-order valence-electron chi connectivity index (χ0n) is 45.5. The summed E-state index contributed by atoms with van der Waals surface area (Å²) in [6.45, 7) is 0. The van der Waals surface area contributed by atoms with Gasteiger partial charge in [0.1, 0.15) is 37.1 Å². The first kappa shape index (κ1) is 58.3. The Balaban J connectivity index is 0.000000137. The van der Waals surface area contributed by atoms with Crippen LogP contribution in [0.5, 0.6) is 0 Å². The van der Waals surface area contributed by atoms with Gasteiger partial charge in [0.2, 0.25) is 0 Å². The van der Waals surface area contributed by atoms with Crippen LogP contribution >= 0.6 is 15.8 Å². The van der Waals surface area contributed by atoms with E-state index in [4.69, 9.17) is 12.8 Å². The topological polar surface area (TPSA) is 0 Å². The van der Waals surface area contributed by atoms with Gasteiger partial charge in [-0.3, -0.25) is 11.8 Å². The number of rotatable bonds is 10. The Morgan fingerprint density at radius 1 is 0.265 bits per heavy atom. The molecule has 0 saturated heterocycles. The zero-order valence-corrected chi connectivity index (χ0v) is 51.1. The van der Waals surface area contributed by atoms with Crippen LogP contribution in [0.2, 0.25) is 0 Å². The Hall–Kier alpha value is -7.90. The molecule has 0 spiro atoms. The smallest absolute Gasteiger partial charge is 0.366 e. The second kappa shape index (κ2) is 27.0. The minimum Gasteiger partial charge on any atom is -0.366 e. The second-order valence-corrected chi connectivity index (χ2v) is 26.1. The molecule has 0 aromatic heterocycles. The quantitative estimate of drug-likeness (QED) is 0.0554. The van der Waals surface area contributed by atoms with Gasteiger partial charge < -0.3 is 12.8 Å². The third-order valence-corrected chi connectivity index (χ3v) is 23.0. The summed E-state index contributed by atoms with van der Waals surface area (Å²) >= 11 is 0. The molecule has 0 atom stereocenters. The summed E-state index contributed by atoms with van der Waals surface area (Å²) in [5.74, 6) is 6.37. The first-order chi connectivity index (χ1) is 40.1. The van der Waals surface area contributed by atoms with Crippen LogP contribution in [0.4, 0.5) is 0 Å². The summed E-state index contributed by atoms with van der Waals surface area (Å²) < 4.78 is 0. The molecule has 14 rings (SSSR count). The van der Waals surface area contributed by atoms with Crippen LogP contribution in [0.15, 0.2) is 328 Å². The molecule has 2 aliphatic rings. The van der Waals surface area contributed by atoms with E-state index in [1.807, 2.05) is 12.1 Å². The first-order valence-electron chi connectivity index (χ1n) is 27.6. The molecule has 2 aliphatic carbocycles. The van der Waals surface area contributed by atoms with E-state index in [9.17, 15) is 0 Å². The standard InChI is InChI=1S/2C27H17.C25H22P2.Ag.Au/c1-2-20-17-18-26-24(19-20)23-15-9-10-16-25(23)27(26,21-11-5-3-6-12-21)22-13-7-4-8-14-22;1-2-20-17-18-24-23-15-9-10-16-25(23)27(26(24)19-20,21-11-5-3-6-12-21)22-13-7-4-8-14-22;1-5-13-22(14-6-1)26(23-15-7-2-8-16-23)21-27(24-17-9-3-10-18-24)25-19-11-4-12-20-25;;/h2*3-19H;1-20H,21H2;;/q2*-1;;2*+1/p+2. The molecule has 83 heavy (non-hydrogen) atoms. The van der Waals surface area contributed by atoms with E-state index in [1.54, 1.807) is 0 Å². The van der Waals surface area contributed by atoms with Crippen molar-refractivity contribution in [1.82, 2.24) is 0 Å². The van der Waals surface area contributed by atoms with E-state index >= 15 is 0 Å². The van der Waals surface area contributed by atoms with E-state index in [-0.39, 0.29) is 55.6 Å². The Morgan fingerprint density at radius 3 is 0.892 bits per heavy atom. The molecule has 0 nitrogen and oxygen atoms in total. The maximum atomic E-state index is 7.66. The SMILES string of the molecule is [Ag+].[Au+].[C-]#Cc1ccc2c(c1)-c1ccccc1C2(c1ccccc1)c1ccccc1.[C-]#Cc1ccc2c(c1)C(c1ccccc1)(c1ccccc1)c1ccccc1-2.c1ccc([PH+](C[PH+](c2ccccc2)c2ccccc2)c2ccccc2)cc1. The Labute approximate surface area is 524 Å². The molecule has 0 fully saturated rings. The summed E-state index contributed by atoms with van der Waals surface area (Å²) in [4.78, 5) is 0. The average Bonchev–Trinajstić information content (AvgIpc) is 2.11. The van der Waals surface area contributed by atoms with Gasteiger partial charge in [-0.15, -0.1) is 35.4 Å². The van der Waals surface area contributed by atoms with Crippen LogP contribution in [0.1, 0.15) is 55.6 Å². The Morgan fingerprint density at radius 2 is 0.530 bits per heavy atom. The molecule has 0 aliphatic heterocycles. The van der Waals surface area contributed by atoms with Gasteiger partial charge in [-0.1, -0.05) is 255 Å². The molecule has 0 amide bonds. The minimum absolute atomic E-state index is 0. The van der Waals surface area contributed by atoms with Crippen LogP contribution in [-0.4, -0.2) is 5.90 Å². The van der Waals surface area contributed by atoms with Crippen molar-refractivity contribution >= 4 is 37.1 Å². The van der Waals surface area contributed by atoms with E-state index in [0.717, 1.165) is 11.1 Å². The maximum Gasteiger partial charge on any atom is 1.00 e. The fourth-order valence-corrected chi connectivity index (χ4v) is 20.3. The van der Waals surface area contributed by atoms with Crippen molar-refractivity contribution in [1.29, 1.82) is 0 Å². The molecule has 12 aromatic rings. The van der Waals surface area contributed by atoms with Crippen molar-refractivity contribution in [3.8, 4) is 34.1 Å². The number of fused-ring (bicyclic) bond motifs is 6. The van der Waals surface area contributed by atoms with Crippen molar-refractivity contribution < 1.29 is 44.8 Å². The normalized spacial score (nSPS) is 12.3. The molecule has 0 heterocycles. The van der Waals surface area contributed by atoms with Crippen molar-refractivity contribution in [2.24, 2.45) is 0 Å². The van der Waals surface area contributed by atoms with Crippen LogP contribution in [-0.2, 0) is 55.6 Å². The van der Waals surface area contributed by atoms with Gasteiger partial charge in [0.25, 0.3) is 0 Å². The number of hydrogen-bond donors (Lipinski definition) is 0. The Kier molecular flexibility index (Phi) is 19.0. The molecule has 404 valence electrons. The molecule has 0 saturated carbocycles. The Bertz CT molecular complexity index is 3910. The molecule has 0 bridgehead atoms. The van der Waals surface area contributed by atoms with Crippen molar-refractivity contribution in [2.45, 2.75) is 10.8 Å². The summed E-state index contributed by atoms with van der Waals surface area (Å²) in [6, 6.07) is 117. The fourth-order valence-electron chi connectivity index (χ4n) is 12.5. The van der Waals surface area contributed by atoms with Crippen LogP contribution in [0.25, 0.3) is 22.3 Å². The van der Waals surface area contributed by atoms with E-state index in [2.05, 4.69) is 327 Å². The summed E-state index contributed by atoms with van der Waals surface area (Å²) in [5.41, 5.74) is 15.9. The van der Waals surface area contributed by atoms with Gasteiger partial charge in [-0.2, -0.15) is 0 Å². The third-order valence-electron chi connectivity index (χ3n) is 16.0. The van der Waals surface area contributed by atoms with Crippen molar-refractivity contribution in [3.05, 3.63) is 396 Å². The molecular weight excluding hydrogens is 1320 g/mol. The summed E-state index contributed by atoms with van der Waals surface area (Å²) in [5, 5.41) is 6.01. The van der Waals surface area contributed by atoms with Gasteiger partial charge in [0.15, 0.2) is 5.90 Å². The van der Waals surface area contributed by atoms with Gasteiger partial charge in [0.05, 0.1) is 10.8 Å². The van der Waals surface area contributed by atoms with E-state index in [1.165, 1.54) is 93.9 Å². The monoisotopic (exact) mass is 1370 g/mol. The number of benzene rings is 12. The molecule has 4 heteroatoms. The van der Waals surface area contributed by atoms with Crippen LogP contribution in [0, 0.1) is 24.7 Å². The molecular formula is C79H58AgAuP2+2. The molecule has 0 radical (unpaired) electrons. The van der Waals surface area contributed by atoms with Crippen molar-refractivity contribution in [3.63, 3.8) is 0 Å². The van der Waals surface area contributed by atoms with Crippen molar-refractivity contribution in [2.75, 3.05) is 5.90 Å². The van der Waals surface area contributed by atoms with Crippen LogP contribution < -0.4 is 21.2 Å². The largest absolute Gasteiger partial charge is 1.00 e. The second-order valence-electron chi connectivity index (χ2n) is 20.4. The van der Waals surface area contributed by atoms with Gasteiger partial charge in [0, 0.05) is 0 Å². The summed E-state index contributed by atoms with van der Waals surface area (Å²) in [7, 11) is -1.69. The molecule has 0 unspecified atom stereocenters. The van der Waals surface area contributed by atoms with Gasteiger partial charge in [-0.25, -0.2) is 0 Å². The van der Waals surface area contributed by atoms with Gasteiger partial charge in [-0.05, 0) is 115 Å². The zero-order chi connectivity index (χ0) is 54.9. The van der Waals surface area contributed by atoms with Crippen LogP contribution in [0.3, 0.4) is 0 Å².